The zero-order chi connectivity index (χ0) is 16.4. The van der Waals surface area contributed by atoms with Gasteiger partial charge in [0.15, 0.2) is 0 Å². The predicted octanol–water partition coefficient (Wildman–Crippen LogP) is 0.290. The lowest BCUT2D eigenvalue weighted by atomic mass is 10.3. The van der Waals surface area contributed by atoms with E-state index in [-0.39, 0.29) is 0 Å². The van der Waals surface area contributed by atoms with Crippen LogP contribution < -0.4 is 5.32 Å². The molecule has 0 spiro atoms. The molecule has 1 aliphatic heterocycles. The summed E-state index contributed by atoms with van der Waals surface area (Å²) in [7, 11) is -1.35. The van der Waals surface area contributed by atoms with Crippen molar-refractivity contribution >= 4 is 16.2 Å². The molecule has 1 aliphatic rings. The Labute approximate surface area is 127 Å². The Morgan fingerprint density at radius 3 is 2.57 bits per heavy atom. The first-order valence-electron chi connectivity index (χ1n) is 6.61. The van der Waals surface area contributed by atoms with Crippen molar-refractivity contribution in [3.63, 3.8) is 0 Å². The van der Waals surface area contributed by atoms with E-state index in [0.717, 1.165) is 50.7 Å². The summed E-state index contributed by atoms with van der Waals surface area (Å²) in [5.74, 6) is 1.27. The Kier molecular flexibility index (Phi) is 9.31. The van der Waals surface area contributed by atoms with Crippen LogP contribution >= 0.6 is 0 Å². The molecular weight excluding hydrogens is 294 g/mol. The molecule has 1 unspecified atom stereocenters. The molecule has 7 nitrogen and oxygen atoms in total. The van der Waals surface area contributed by atoms with Crippen LogP contribution in [-0.2, 0) is 14.6 Å². The van der Waals surface area contributed by atoms with Crippen LogP contribution in [0.15, 0.2) is 30.3 Å². The van der Waals surface area contributed by atoms with Crippen molar-refractivity contribution in [2.75, 3.05) is 46.9 Å². The van der Waals surface area contributed by atoms with E-state index in [1.807, 2.05) is 12.2 Å². The van der Waals surface area contributed by atoms with E-state index in [2.05, 4.69) is 34.7 Å². The smallest absolute Gasteiger partial charge is 0.217 e. The molecule has 0 radical (unpaired) electrons. The number of rotatable bonds is 8. The van der Waals surface area contributed by atoms with Crippen LogP contribution in [0.3, 0.4) is 0 Å². The second-order valence-corrected chi connectivity index (χ2v) is 5.85. The van der Waals surface area contributed by atoms with Gasteiger partial charge in [0.1, 0.15) is 6.54 Å². The van der Waals surface area contributed by atoms with Gasteiger partial charge in [-0.15, -0.1) is 13.2 Å². The quantitative estimate of drug-likeness (QED) is 0.228. The van der Waals surface area contributed by atoms with Gasteiger partial charge in [-0.25, -0.2) is 13.4 Å². The molecule has 1 N–H and O–H groups in total. The summed E-state index contributed by atoms with van der Waals surface area (Å²) in [6.07, 6.45) is 4.75. The van der Waals surface area contributed by atoms with Crippen LogP contribution in [-0.4, -0.2) is 70.2 Å². The van der Waals surface area contributed by atoms with Gasteiger partial charge in [-0.2, -0.15) is 0 Å². The number of amidine groups is 1. The van der Waals surface area contributed by atoms with Gasteiger partial charge in [-0.3, -0.25) is 8.67 Å². The first-order valence-corrected chi connectivity index (χ1v) is 7.95. The minimum Gasteiger partial charge on any atom is -0.726 e. The number of hydrogen-bond donors (Lipinski definition) is 1. The van der Waals surface area contributed by atoms with Crippen LogP contribution in [0, 0.1) is 0 Å². The van der Waals surface area contributed by atoms with Crippen molar-refractivity contribution < 1.29 is 21.6 Å². The molecule has 0 aromatic carbocycles. The first-order chi connectivity index (χ1) is 9.79. The van der Waals surface area contributed by atoms with E-state index in [1.165, 1.54) is 5.84 Å². The van der Waals surface area contributed by atoms with Crippen LogP contribution in [0.5, 0.6) is 0 Å². The molecule has 0 aliphatic carbocycles. The lowest BCUT2D eigenvalue weighted by molar-refractivity contribution is -0.813. The maximum absolute atomic E-state index is 9.22. The van der Waals surface area contributed by atoms with E-state index >= 15 is 0 Å². The summed E-state index contributed by atoms with van der Waals surface area (Å²) in [5, 5.41) is 3.34. The third kappa shape index (κ3) is 8.74. The van der Waals surface area contributed by atoms with E-state index in [9.17, 15) is 13.0 Å². The topological polar surface area (TPSA) is 90.8 Å². The zero-order valence-electron chi connectivity index (χ0n) is 12.7. The van der Waals surface area contributed by atoms with Crippen molar-refractivity contribution in [3.8, 4) is 0 Å². The molecule has 1 heterocycles. The van der Waals surface area contributed by atoms with E-state index in [4.69, 9.17) is 0 Å². The summed E-state index contributed by atoms with van der Waals surface area (Å²) >= 11 is 0. The van der Waals surface area contributed by atoms with Gasteiger partial charge in [0.2, 0.25) is 16.2 Å². The summed E-state index contributed by atoms with van der Waals surface area (Å²) in [5.41, 5.74) is 0. The summed E-state index contributed by atoms with van der Waals surface area (Å²) in [6.45, 7) is 12.5. The summed E-state index contributed by atoms with van der Waals surface area (Å²) in [4.78, 5) is 4.55. The molecule has 0 bridgehead atoms. The molecule has 8 heteroatoms. The molecule has 21 heavy (non-hydrogen) atoms. The molecular formula is C13H25N3O4S. The lowest BCUT2D eigenvalue weighted by Gasteiger charge is -2.29. The van der Waals surface area contributed by atoms with Crippen molar-refractivity contribution in [1.82, 2.24) is 5.32 Å². The normalized spacial score (nSPS) is 21.2. The highest BCUT2D eigenvalue weighted by Crippen LogP contribution is 2.13. The number of nitrogens with zero attached hydrogens (tertiary/aromatic N) is 2. The van der Waals surface area contributed by atoms with E-state index < -0.39 is 10.4 Å². The van der Waals surface area contributed by atoms with Crippen LogP contribution in [0.4, 0.5) is 0 Å². The fourth-order valence-corrected chi connectivity index (χ4v) is 1.88. The van der Waals surface area contributed by atoms with Gasteiger partial charge in [-0.05, 0) is 0 Å². The lowest BCUT2D eigenvalue weighted by Crippen LogP contribution is -2.50. The molecule has 0 saturated heterocycles. The predicted molar refractivity (Wildman–Crippen MR) is 82.8 cm³/mol. The Morgan fingerprint density at radius 1 is 1.48 bits per heavy atom. The van der Waals surface area contributed by atoms with Crippen molar-refractivity contribution in [3.05, 3.63) is 25.3 Å². The van der Waals surface area contributed by atoms with Gasteiger partial charge >= 0.3 is 0 Å². The Balaban J connectivity index is 0.000000567. The van der Waals surface area contributed by atoms with Crippen molar-refractivity contribution in [2.45, 2.75) is 6.42 Å². The maximum atomic E-state index is 9.22. The van der Waals surface area contributed by atoms with Gasteiger partial charge in [-0.1, -0.05) is 12.2 Å². The summed E-state index contributed by atoms with van der Waals surface area (Å²) < 4.78 is 32.0. The van der Waals surface area contributed by atoms with Crippen molar-refractivity contribution in [2.24, 2.45) is 4.99 Å². The highest BCUT2D eigenvalue weighted by atomic mass is 32.3. The fourth-order valence-electron chi connectivity index (χ4n) is 1.88. The van der Waals surface area contributed by atoms with Crippen LogP contribution in [0.25, 0.3) is 0 Å². The van der Waals surface area contributed by atoms with Gasteiger partial charge in [0.25, 0.3) is 0 Å². The second kappa shape index (κ2) is 9.80. The highest BCUT2D eigenvalue weighted by Gasteiger charge is 2.31. The fraction of sp³-hybridized carbons (Fsp3) is 0.615. The molecule has 0 fully saturated rings. The third-order valence-corrected chi connectivity index (χ3v) is 3.52. The third-order valence-electron chi connectivity index (χ3n) is 3.11. The van der Waals surface area contributed by atoms with E-state index in [0.29, 0.717) is 0 Å². The van der Waals surface area contributed by atoms with Crippen LogP contribution in [0.2, 0.25) is 0 Å². The van der Waals surface area contributed by atoms with Gasteiger partial charge in [0.05, 0.1) is 33.7 Å². The monoisotopic (exact) mass is 319 g/mol. The zero-order valence-corrected chi connectivity index (χ0v) is 13.6. The minimum atomic E-state index is -4.41. The summed E-state index contributed by atoms with van der Waals surface area (Å²) in [6, 6.07) is 0. The number of likely N-dealkylation sites (N-methyl/N-ethyl adjacent to an activating group) is 1. The first kappa shape index (κ1) is 19.9. The SMILES string of the molecule is C=CCNCC[N+]1(C)CCN=C1CC=C.COS(=O)(=O)[O-]. The average molecular weight is 319 g/mol. The molecule has 0 aromatic heterocycles. The molecule has 0 amide bonds. The Hall–Kier alpha value is -1.06. The maximum Gasteiger partial charge on any atom is 0.217 e. The molecule has 1 atom stereocenters. The number of quaternary nitrogens is 1. The number of aliphatic imine (C=N–C) groups is 1. The van der Waals surface area contributed by atoms with E-state index in [1.54, 1.807) is 0 Å². The van der Waals surface area contributed by atoms with Crippen LogP contribution in [0.1, 0.15) is 6.42 Å². The Bertz CT molecular complexity index is 462. The molecule has 0 aromatic rings. The molecule has 0 saturated carbocycles. The van der Waals surface area contributed by atoms with Gasteiger partial charge in [0, 0.05) is 13.1 Å². The number of hydrogen-bond acceptors (Lipinski definition) is 6. The Morgan fingerprint density at radius 2 is 2.10 bits per heavy atom. The standard InChI is InChI=1S/C12H22N3.CH4O4S/c1-4-6-12-14-9-11-15(12,3)10-8-13-7-5-2;1-5-6(2,3)4/h4-5,13H,1-2,6-11H2,3H3;1H3,(H,2,3,4)/q+1;/p-1. The molecule has 122 valence electrons. The van der Waals surface area contributed by atoms with Crippen molar-refractivity contribution in [1.29, 1.82) is 0 Å². The number of nitrogens with one attached hydrogen (secondary N) is 1. The molecule has 1 rings (SSSR count). The highest BCUT2D eigenvalue weighted by molar-refractivity contribution is 7.80. The second-order valence-electron chi connectivity index (χ2n) is 4.70. The largest absolute Gasteiger partial charge is 0.726 e. The average Bonchev–Trinajstić information content (AvgIpc) is 2.77. The minimum absolute atomic E-state index is 0.808. The van der Waals surface area contributed by atoms with Gasteiger partial charge < -0.3 is 9.87 Å².